The minimum Gasteiger partial charge on any atom is -0.460 e. The third-order valence-electron chi connectivity index (χ3n) is 8.91. The summed E-state index contributed by atoms with van der Waals surface area (Å²) < 4.78 is 23.1. The molecule has 2 fully saturated rings. The van der Waals surface area contributed by atoms with Gasteiger partial charge in [-0.3, -0.25) is 4.90 Å². The molecule has 224 valence electrons. The molecule has 1 aromatic carbocycles. The molecule has 0 amide bonds. The molecule has 3 atom stereocenters. The van der Waals surface area contributed by atoms with Gasteiger partial charge in [-0.15, -0.1) is 11.3 Å². The predicted octanol–water partition coefficient (Wildman–Crippen LogP) is 7.37. The normalized spacial score (nSPS) is 24.2. The van der Waals surface area contributed by atoms with Gasteiger partial charge in [-0.25, -0.2) is 4.79 Å². The Bertz CT molecular complexity index is 1400. The zero-order chi connectivity index (χ0) is 29.2. The maximum Gasteiger partial charge on any atom is 0.348 e. The molecule has 6 rings (SSSR count). The number of nitrogens with zero attached hydrogens (tertiary/aromatic N) is 1. The van der Waals surface area contributed by atoms with Crippen LogP contribution in [0.3, 0.4) is 0 Å². The largest absolute Gasteiger partial charge is 0.460 e. The number of thiophene rings is 1. The summed E-state index contributed by atoms with van der Waals surface area (Å²) in [5.41, 5.74) is 2.27. The molecule has 2 aliphatic carbocycles. The molecule has 0 unspecified atom stereocenters. The first-order valence-corrected chi connectivity index (χ1v) is 16.7. The Morgan fingerprint density at radius 2 is 1.98 bits per heavy atom. The molecule has 2 aromatic heterocycles. The van der Waals surface area contributed by atoms with E-state index in [-0.39, 0.29) is 16.8 Å². The highest BCUT2D eigenvalue weighted by Gasteiger charge is 2.63. The van der Waals surface area contributed by atoms with Crippen LogP contribution < -0.4 is 0 Å². The number of furan rings is 1. The summed E-state index contributed by atoms with van der Waals surface area (Å²) in [5, 5.41) is 2.27. The Balaban J connectivity index is 0.978. The van der Waals surface area contributed by atoms with Crippen molar-refractivity contribution in [2.24, 2.45) is 11.3 Å². The molecular formula is C33H38ClNO5S2. The Hall–Kier alpha value is -2.07. The van der Waals surface area contributed by atoms with Crippen molar-refractivity contribution < 1.29 is 23.4 Å². The fourth-order valence-corrected chi connectivity index (χ4v) is 8.86. The van der Waals surface area contributed by atoms with E-state index in [1.54, 1.807) is 11.8 Å². The Labute approximate surface area is 261 Å². The standard InChI is InChI=1S/C33H38ClNO5S2/c1-32(2,23-6-4-3-5-7-23)25-18-30(40-21-25)42-29-19-33(29)24(8-11-28(33)34)20-38-22-26-9-10-27(41-26)31(36)39-17-14-35-12-15-37-16-13-35/h3-7,9-11,18,21,24,29H,8,12-17,19-20,22H2,1-2H3/t24-,29+,33+/m1/s1. The number of carbonyl (C=O) groups is 1. The molecule has 1 saturated carbocycles. The van der Waals surface area contributed by atoms with Crippen LogP contribution >= 0.6 is 34.7 Å². The van der Waals surface area contributed by atoms with Crippen molar-refractivity contribution in [2.75, 3.05) is 46.1 Å². The lowest BCUT2D eigenvalue weighted by molar-refractivity contribution is 0.0197. The lowest BCUT2D eigenvalue weighted by atomic mass is 9.79. The van der Waals surface area contributed by atoms with Gasteiger partial charge in [0, 0.05) is 51.2 Å². The number of ether oxygens (including phenoxy) is 3. The number of carbonyl (C=O) groups excluding carboxylic acids is 1. The summed E-state index contributed by atoms with van der Waals surface area (Å²) in [6.45, 7) is 9.96. The van der Waals surface area contributed by atoms with Gasteiger partial charge < -0.3 is 18.6 Å². The fraction of sp³-hybridized carbons (Fsp3) is 0.485. The highest BCUT2D eigenvalue weighted by molar-refractivity contribution is 8.00. The van der Waals surface area contributed by atoms with E-state index in [1.165, 1.54) is 22.5 Å². The lowest BCUT2D eigenvalue weighted by Gasteiger charge is -2.26. The molecule has 42 heavy (non-hydrogen) atoms. The van der Waals surface area contributed by atoms with E-state index in [1.807, 2.05) is 24.5 Å². The third kappa shape index (κ3) is 6.40. The number of hydrogen-bond donors (Lipinski definition) is 0. The minimum atomic E-state index is -0.267. The first kappa shape index (κ1) is 30.0. The molecule has 1 aliphatic heterocycles. The number of allylic oxidation sites excluding steroid dienone is 2. The molecular weight excluding hydrogens is 590 g/mol. The topological polar surface area (TPSA) is 61.1 Å². The van der Waals surface area contributed by atoms with Crippen LogP contribution in [0.5, 0.6) is 0 Å². The predicted molar refractivity (Wildman–Crippen MR) is 168 cm³/mol. The van der Waals surface area contributed by atoms with E-state index in [0.717, 1.165) is 60.7 Å². The summed E-state index contributed by atoms with van der Waals surface area (Å²) >= 11 is 10.0. The fourth-order valence-electron chi connectivity index (χ4n) is 6.03. The van der Waals surface area contributed by atoms with Crippen LogP contribution in [0.25, 0.3) is 0 Å². The average molecular weight is 628 g/mol. The zero-order valence-electron chi connectivity index (χ0n) is 24.2. The number of thioether (sulfide) groups is 1. The number of halogens is 1. The quantitative estimate of drug-likeness (QED) is 0.194. The molecule has 6 nitrogen and oxygen atoms in total. The van der Waals surface area contributed by atoms with Crippen LogP contribution in [0.2, 0.25) is 0 Å². The molecule has 3 heterocycles. The first-order chi connectivity index (χ1) is 20.4. The number of morpholine rings is 1. The molecule has 1 spiro atoms. The number of rotatable bonds is 12. The first-order valence-electron chi connectivity index (χ1n) is 14.7. The van der Waals surface area contributed by atoms with Gasteiger partial charge in [-0.1, -0.05) is 73.6 Å². The van der Waals surface area contributed by atoms with Gasteiger partial charge in [-0.05, 0) is 42.5 Å². The highest BCUT2D eigenvalue weighted by atomic mass is 35.5. The van der Waals surface area contributed by atoms with Gasteiger partial charge in [0.25, 0.3) is 0 Å². The maximum absolute atomic E-state index is 12.5. The van der Waals surface area contributed by atoms with E-state index in [9.17, 15) is 4.79 Å². The molecule has 0 bridgehead atoms. The molecule has 0 radical (unpaired) electrons. The van der Waals surface area contributed by atoms with E-state index < -0.39 is 0 Å². The summed E-state index contributed by atoms with van der Waals surface area (Å²) in [5.74, 6) is 0.0681. The number of hydrogen-bond acceptors (Lipinski definition) is 8. The number of benzene rings is 1. The van der Waals surface area contributed by atoms with Crippen molar-refractivity contribution in [1.29, 1.82) is 0 Å². The third-order valence-corrected chi connectivity index (χ3v) is 11.8. The second kappa shape index (κ2) is 12.9. The van der Waals surface area contributed by atoms with Crippen LogP contribution in [0.15, 0.2) is 75.4 Å². The van der Waals surface area contributed by atoms with Gasteiger partial charge in [-0.2, -0.15) is 0 Å². The van der Waals surface area contributed by atoms with Crippen molar-refractivity contribution in [1.82, 2.24) is 4.90 Å². The van der Waals surface area contributed by atoms with Crippen LogP contribution in [0.4, 0.5) is 0 Å². The van der Waals surface area contributed by atoms with Crippen molar-refractivity contribution in [3.8, 4) is 0 Å². The van der Waals surface area contributed by atoms with Crippen LogP contribution in [-0.4, -0.2) is 62.2 Å². The summed E-state index contributed by atoms with van der Waals surface area (Å²) in [6.07, 6.45) is 6.01. The van der Waals surface area contributed by atoms with Crippen molar-refractivity contribution in [2.45, 2.75) is 49.1 Å². The van der Waals surface area contributed by atoms with E-state index in [0.29, 0.717) is 35.9 Å². The molecule has 3 aromatic rings. The number of esters is 1. The van der Waals surface area contributed by atoms with E-state index in [4.69, 9.17) is 30.2 Å². The summed E-state index contributed by atoms with van der Waals surface area (Å²) in [6, 6.07) is 16.5. The summed E-state index contributed by atoms with van der Waals surface area (Å²) in [4.78, 5) is 16.4. The van der Waals surface area contributed by atoms with Gasteiger partial charge in [0.2, 0.25) is 0 Å². The SMILES string of the molecule is CC(C)(c1ccccc1)c1coc(S[C@H]2C[C@]23C(Cl)=CC[C@@H]3COCc2ccc(C(=O)OCCN3CCOCC3)s2)c1. The Morgan fingerprint density at radius 1 is 1.17 bits per heavy atom. The van der Waals surface area contributed by atoms with Gasteiger partial charge in [0.15, 0.2) is 5.09 Å². The minimum absolute atomic E-state index is 0.0426. The smallest absolute Gasteiger partial charge is 0.348 e. The molecule has 0 N–H and O–H groups in total. The zero-order valence-corrected chi connectivity index (χ0v) is 26.6. The van der Waals surface area contributed by atoms with Crippen LogP contribution in [0, 0.1) is 11.3 Å². The van der Waals surface area contributed by atoms with Crippen molar-refractivity contribution in [3.05, 3.63) is 86.8 Å². The molecule has 3 aliphatic rings. The van der Waals surface area contributed by atoms with Gasteiger partial charge in [0.1, 0.15) is 11.5 Å². The second-order valence-corrected chi connectivity index (χ2v) is 14.6. The van der Waals surface area contributed by atoms with Crippen molar-refractivity contribution >= 4 is 40.7 Å². The maximum atomic E-state index is 12.5. The molecule has 9 heteroatoms. The van der Waals surface area contributed by atoms with Crippen molar-refractivity contribution in [3.63, 3.8) is 0 Å². The van der Waals surface area contributed by atoms with Crippen LogP contribution in [0.1, 0.15) is 52.4 Å². The van der Waals surface area contributed by atoms with Gasteiger partial charge >= 0.3 is 5.97 Å². The van der Waals surface area contributed by atoms with Crippen LogP contribution in [-0.2, 0) is 26.2 Å². The monoisotopic (exact) mass is 627 g/mol. The Kier molecular flexibility index (Phi) is 9.20. The van der Waals surface area contributed by atoms with Gasteiger partial charge in [0.05, 0.1) is 32.7 Å². The van der Waals surface area contributed by atoms with E-state index in [2.05, 4.69) is 55.2 Å². The second-order valence-electron chi connectivity index (χ2n) is 11.9. The average Bonchev–Trinajstić information content (AvgIpc) is 3.33. The molecule has 1 saturated heterocycles. The Morgan fingerprint density at radius 3 is 2.79 bits per heavy atom. The lowest BCUT2D eigenvalue weighted by Crippen LogP contribution is -2.38. The summed E-state index contributed by atoms with van der Waals surface area (Å²) in [7, 11) is 0. The van der Waals surface area contributed by atoms with E-state index >= 15 is 0 Å². The highest BCUT2D eigenvalue weighted by Crippen LogP contribution is 2.68.